The highest BCUT2D eigenvalue weighted by Crippen LogP contribution is 2.10. The minimum Gasteiger partial charge on any atom is -0.463 e. The van der Waals surface area contributed by atoms with E-state index in [-0.39, 0.29) is 17.9 Å². The first-order valence-electron chi connectivity index (χ1n) is 6.07. The van der Waals surface area contributed by atoms with Crippen LogP contribution in [0.15, 0.2) is 0 Å². The first-order chi connectivity index (χ1) is 7.57. The Morgan fingerprint density at radius 2 is 1.94 bits per heavy atom. The van der Waals surface area contributed by atoms with Gasteiger partial charge in [0.15, 0.2) is 0 Å². The summed E-state index contributed by atoms with van der Waals surface area (Å²) in [6.45, 7) is 7.27. The summed E-state index contributed by atoms with van der Waals surface area (Å²) in [6.07, 6.45) is 2.77. The monoisotopic (exact) mass is 231 g/mol. The van der Waals surface area contributed by atoms with Crippen LogP contribution in [0.1, 0.15) is 40.0 Å². The summed E-state index contributed by atoms with van der Waals surface area (Å²) in [5.74, 6) is -0.176. The molecule has 2 unspecified atom stereocenters. The second kappa shape index (κ2) is 9.60. The van der Waals surface area contributed by atoms with E-state index in [9.17, 15) is 4.79 Å². The van der Waals surface area contributed by atoms with Gasteiger partial charge in [-0.05, 0) is 26.7 Å². The van der Waals surface area contributed by atoms with E-state index in [0.717, 1.165) is 19.3 Å². The lowest BCUT2D eigenvalue weighted by Crippen LogP contribution is -2.19. The van der Waals surface area contributed by atoms with Gasteiger partial charge < -0.3 is 15.2 Å². The third-order valence-electron chi connectivity index (χ3n) is 2.38. The van der Waals surface area contributed by atoms with Crippen LogP contribution in [0.2, 0.25) is 0 Å². The molecule has 2 N–H and O–H groups in total. The smallest absolute Gasteiger partial charge is 0.308 e. The van der Waals surface area contributed by atoms with Crippen LogP contribution < -0.4 is 5.73 Å². The van der Waals surface area contributed by atoms with Crippen molar-refractivity contribution in [2.45, 2.75) is 46.1 Å². The Kier molecular flexibility index (Phi) is 9.24. The van der Waals surface area contributed by atoms with Gasteiger partial charge in [0.05, 0.1) is 12.5 Å². The lowest BCUT2D eigenvalue weighted by atomic mass is 10.0. The maximum Gasteiger partial charge on any atom is 0.308 e. The van der Waals surface area contributed by atoms with Gasteiger partial charge in [-0.1, -0.05) is 13.3 Å². The van der Waals surface area contributed by atoms with Crippen LogP contribution in [0.3, 0.4) is 0 Å². The molecule has 0 fully saturated rings. The summed E-state index contributed by atoms with van der Waals surface area (Å²) in [4.78, 5) is 11.5. The molecule has 4 nitrogen and oxygen atoms in total. The van der Waals surface area contributed by atoms with E-state index in [1.807, 2.05) is 20.8 Å². The van der Waals surface area contributed by atoms with E-state index < -0.39 is 0 Å². The maximum absolute atomic E-state index is 11.5. The van der Waals surface area contributed by atoms with Gasteiger partial charge in [-0.2, -0.15) is 0 Å². The predicted molar refractivity (Wildman–Crippen MR) is 64.1 cm³/mol. The number of hydrogen-bond donors (Lipinski definition) is 1. The van der Waals surface area contributed by atoms with Crippen molar-refractivity contribution in [2.24, 2.45) is 11.7 Å². The number of carbonyl (C=O) groups is 1. The Hall–Kier alpha value is -0.610. The standard InChI is InChI=1S/C12H25NO3/c1-4-15-8-9-16-12(14)10(2)6-5-7-11(3)13/h10-11H,4-9,13H2,1-3H3. The molecule has 0 radical (unpaired) electrons. The summed E-state index contributed by atoms with van der Waals surface area (Å²) < 4.78 is 10.2. The zero-order valence-corrected chi connectivity index (χ0v) is 10.7. The fraction of sp³-hybridized carbons (Fsp3) is 0.917. The molecule has 16 heavy (non-hydrogen) atoms. The van der Waals surface area contributed by atoms with Crippen molar-refractivity contribution < 1.29 is 14.3 Å². The zero-order chi connectivity index (χ0) is 12.4. The van der Waals surface area contributed by atoms with Gasteiger partial charge in [0, 0.05) is 12.6 Å². The van der Waals surface area contributed by atoms with E-state index in [1.54, 1.807) is 0 Å². The van der Waals surface area contributed by atoms with Gasteiger partial charge in [-0.3, -0.25) is 4.79 Å². The molecule has 0 aromatic carbocycles. The van der Waals surface area contributed by atoms with Gasteiger partial charge >= 0.3 is 5.97 Å². The molecule has 0 aromatic heterocycles. The number of rotatable bonds is 9. The van der Waals surface area contributed by atoms with Crippen molar-refractivity contribution in [3.05, 3.63) is 0 Å². The fourth-order valence-electron chi connectivity index (χ4n) is 1.35. The van der Waals surface area contributed by atoms with Crippen molar-refractivity contribution >= 4 is 5.97 Å². The largest absolute Gasteiger partial charge is 0.463 e. The van der Waals surface area contributed by atoms with Gasteiger partial charge in [0.1, 0.15) is 6.61 Å². The van der Waals surface area contributed by atoms with Crippen molar-refractivity contribution in [1.29, 1.82) is 0 Å². The molecule has 0 spiro atoms. The second-order valence-electron chi connectivity index (χ2n) is 4.17. The van der Waals surface area contributed by atoms with Gasteiger partial charge in [-0.25, -0.2) is 0 Å². The van der Waals surface area contributed by atoms with E-state index in [2.05, 4.69) is 0 Å². The molecule has 0 aliphatic carbocycles. The molecule has 0 saturated heterocycles. The number of nitrogens with two attached hydrogens (primary N) is 1. The second-order valence-corrected chi connectivity index (χ2v) is 4.17. The lowest BCUT2D eigenvalue weighted by molar-refractivity contribution is -0.149. The van der Waals surface area contributed by atoms with Crippen molar-refractivity contribution in [2.75, 3.05) is 19.8 Å². The third kappa shape index (κ3) is 8.68. The highest BCUT2D eigenvalue weighted by atomic mass is 16.6. The molecule has 4 heteroatoms. The Morgan fingerprint density at radius 3 is 2.50 bits per heavy atom. The van der Waals surface area contributed by atoms with Crippen LogP contribution in [0.5, 0.6) is 0 Å². The summed E-state index contributed by atoms with van der Waals surface area (Å²) in [5, 5.41) is 0. The summed E-state index contributed by atoms with van der Waals surface area (Å²) >= 11 is 0. The topological polar surface area (TPSA) is 61.5 Å². The number of ether oxygens (including phenoxy) is 2. The zero-order valence-electron chi connectivity index (χ0n) is 10.7. The van der Waals surface area contributed by atoms with Crippen LogP contribution in [-0.4, -0.2) is 31.8 Å². The molecule has 0 amide bonds. The SMILES string of the molecule is CCOCCOC(=O)C(C)CCCC(C)N. The van der Waals surface area contributed by atoms with Crippen molar-refractivity contribution in [3.63, 3.8) is 0 Å². The predicted octanol–water partition coefficient (Wildman–Crippen LogP) is 1.72. The van der Waals surface area contributed by atoms with E-state index >= 15 is 0 Å². The number of carbonyl (C=O) groups excluding carboxylic acids is 1. The van der Waals surface area contributed by atoms with Crippen LogP contribution in [-0.2, 0) is 14.3 Å². The Balaban J connectivity index is 3.49. The molecule has 0 heterocycles. The highest BCUT2D eigenvalue weighted by Gasteiger charge is 2.13. The summed E-state index contributed by atoms with van der Waals surface area (Å²) in [6, 6.07) is 0.209. The van der Waals surface area contributed by atoms with Gasteiger partial charge in [0.25, 0.3) is 0 Å². The lowest BCUT2D eigenvalue weighted by Gasteiger charge is -2.12. The van der Waals surface area contributed by atoms with Crippen molar-refractivity contribution in [1.82, 2.24) is 0 Å². The Bertz CT molecular complexity index is 183. The molecule has 0 saturated carbocycles. The van der Waals surface area contributed by atoms with Gasteiger partial charge in [0.2, 0.25) is 0 Å². The molecular formula is C12H25NO3. The van der Waals surface area contributed by atoms with Crippen LogP contribution in [0.4, 0.5) is 0 Å². The molecule has 96 valence electrons. The first kappa shape index (κ1) is 15.4. The van der Waals surface area contributed by atoms with Crippen molar-refractivity contribution in [3.8, 4) is 0 Å². The average molecular weight is 231 g/mol. The van der Waals surface area contributed by atoms with Crippen LogP contribution in [0.25, 0.3) is 0 Å². The molecule has 0 bridgehead atoms. The molecule has 2 atom stereocenters. The van der Waals surface area contributed by atoms with Gasteiger partial charge in [-0.15, -0.1) is 0 Å². The van der Waals surface area contributed by atoms with E-state index in [4.69, 9.17) is 15.2 Å². The average Bonchev–Trinajstić information content (AvgIpc) is 2.23. The fourth-order valence-corrected chi connectivity index (χ4v) is 1.35. The minimum atomic E-state index is -0.135. The molecule has 0 aromatic rings. The summed E-state index contributed by atoms with van der Waals surface area (Å²) in [5.41, 5.74) is 5.64. The number of esters is 1. The van der Waals surface area contributed by atoms with Crippen LogP contribution in [0, 0.1) is 5.92 Å². The highest BCUT2D eigenvalue weighted by molar-refractivity contribution is 5.71. The van der Waals surface area contributed by atoms with E-state index in [1.165, 1.54) is 0 Å². The summed E-state index contributed by atoms with van der Waals surface area (Å²) in [7, 11) is 0. The minimum absolute atomic E-state index is 0.0413. The molecule has 0 aliphatic rings. The maximum atomic E-state index is 11.5. The quantitative estimate of drug-likeness (QED) is 0.485. The number of hydrogen-bond acceptors (Lipinski definition) is 4. The Morgan fingerprint density at radius 1 is 1.25 bits per heavy atom. The normalized spacial score (nSPS) is 14.5. The first-order valence-corrected chi connectivity index (χ1v) is 6.07. The Labute approximate surface area is 98.5 Å². The molecular weight excluding hydrogens is 206 g/mol. The van der Waals surface area contributed by atoms with E-state index in [0.29, 0.717) is 19.8 Å². The molecule has 0 rings (SSSR count). The third-order valence-corrected chi connectivity index (χ3v) is 2.38. The van der Waals surface area contributed by atoms with Crippen LogP contribution >= 0.6 is 0 Å². The molecule has 0 aliphatic heterocycles.